The molecule has 1 aromatic carbocycles. The van der Waals surface area contributed by atoms with E-state index >= 15 is 0 Å². The molecule has 0 spiro atoms. The van der Waals surface area contributed by atoms with Gasteiger partial charge in [-0.25, -0.2) is 0 Å². The van der Waals surface area contributed by atoms with Crippen molar-refractivity contribution in [3.8, 4) is 5.75 Å². The normalized spacial score (nSPS) is 36.8. The van der Waals surface area contributed by atoms with Crippen molar-refractivity contribution in [3.05, 3.63) is 29.3 Å². The summed E-state index contributed by atoms with van der Waals surface area (Å²) in [6, 6.07) is 6.16. The van der Waals surface area contributed by atoms with Gasteiger partial charge in [-0.15, -0.1) is 0 Å². The largest absolute Gasteiger partial charge is 0.508 e. The fraction of sp³-hybridized carbons (Fsp3) is 0.760. The van der Waals surface area contributed by atoms with Crippen LogP contribution in [0, 0.1) is 29.1 Å². The highest BCUT2D eigenvalue weighted by atomic mass is 16.5. The molecule has 156 valence electrons. The summed E-state index contributed by atoms with van der Waals surface area (Å²) in [5, 5.41) is 9.93. The summed E-state index contributed by atoms with van der Waals surface area (Å²) >= 11 is 0. The van der Waals surface area contributed by atoms with E-state index in [0.29, 0.717) is 17.1 Å². The Kier molecular flexibility index (Phi) is 5.77. The molecule has 0 heterocycles. The van der Waals surface area contributed by atoms with E-state index in [4.69, 9.17) is 4.74 Å². The topological polar surface area (TPSA) is 32.7 Å². The predicted octanol–water partition coefficient (Wildman–Crippen LogP) is 5.08. The molecule has 0 bridgehead atoms. The lowest BCUT2D eigenvalue weighted by Gasteiger charge is -2.53. The number of ether oxygens (including phenoxy) is 1. The Bertz CT molecular complexity index is 687. The molecular formula is C25H39NO2. The van der Waals surface area contributed by atoms with Gasteiger partial charge in [-0.3, -0.25) is 0 Å². The van der Waals surface area contributed by atoms with Crippen LogP contribution in [0.2, 0.25) is 0 Å². The Morgan fingerprint density at radius 1 is 1.18 bits per heavy atom. The molecule has 3 aliphatic carbocycles. The zero-order chi connectivity index (χ0) is 19.9. The lowest BCUT2D eigenvalue weighted by atomic mass is 9.51. The smallest absolute Gasteiger partial charge is 0.115 e. The summed E-state index contributed by atoms with van der Waals surface area (Å²) in [5.74, 6) is 4.35. The van der Waals surface area contributed by atoms with Crippen LogP contribution in [0.1, 0.15) is 63.0 Å². The van der Waals surface area contributed by atoms with Crippen molar-refractivity contribution in [3.63, 3.8) is 0 Å². The minimum absolute atomic E-state index is 0.431. The Labute approximate surface area is 171 Å². The molecule has 0 saturated heterocycles. The SMILES string of the molecule is CC1Cc2cc(O)ccc2[C@H]2CC[C@]3(C)[C@@H](CCOCCN(C)C)CC[C@H]3[C@H]12. The van der Waals surface area contributed by atoms with Crippen LogP contribution in [0.3, 0.4) is 0 Å². The number of hydrogen-bond acceptors (Lipinski definition) is 3. The Hall–Kier alpha value is -1.06. The molecule has 3 heteroatoms. The molecule has 6 atom stereocenters. The van der Waals surface area contributed by atoms with Gasteiger partial charge in [0.1, 0.15) is 5.75 Å². The lowest BCUT2D eigenvalue weighted by Crippen LogP contribution is -2.45. The van der Waals surface area contributed by atoms with Crippen molar-refractivity contribution in [2.75, 3.05) is 33.9 Å². The molecular weight excluding hydrogens is 346 g/mol. The monoisotopic (exact) mass is 385 g/mol. The third-order valence-corrected chi connectivity index (χ3v) is 8.55. The van der Waals surface area contributed by atoms with Gasteiger partial charge in [-0.2, -0.15) is 0 Å². The predicted molar refractivity (Wildman–Crippen MR) is 115 cm³/mol. The fourth-order valence-corrected chi connectivity index (χ4v) is 7.12. The highest BCUT2D eigenvalue weighted by Gasteiger charge is 2.55. The molecule has 3 nitrogen and oxygen atoms in total. The van der Waals surface area contributed by atoms with Gasteiger partial charge >= 0.3 is 0 Å². The molecule has 0 aliphatic heterocycles. The van der Waals surface area contributed by atoms with Gasteiger partial charge in [-0.1, -0.05) is 19.9 Å². The minimum atomic E-state index is 0.431. The number of phenols is 1. The van der Waals surface area contributed by atoms with Crippen molar-refractivity contribution < 1.29 is 9.84 Å². The number of aromatic hydroxyl groups is 1. The number of likely N-dealkylation sites (N-methyl/N-ethyl adjacent to an activating group) is 1. The number of nitrogens with zero attached hydrogens (tertiary/aromatic N) is 1. The molecule has 1 N–H and O–H groups in total. The van der Waals surface area contributed by atoms with Crippen molar-refractivity contribution in [2.45, 2.75) is 58.3 Å². The fourth-order valence-electron chi connectivity index (χ4n) is 7.12. The van der Waals surface area contributed by atoms with E-state index < -0.39 is 0 Å². The van der Waals surface area contributed by atoms with Gasteiger partial charge in [0.2, 0.25) is 0 Å². The van der Waals surface area contributed by atoms with E-state index in [0.717, 1.165) is 49.9 Å². The molecule has 4 rings (SSSR count). The maximum Gasteiger partial charge on any atom is 0.115 e. The summed E-state index contributed by atoms with van der Waals surface area (Å²) < 4.78 is 5.95. The van der Waals surface area contributed by atoms with Crippen molar-refractivity contribution in [1.82, 2.24) is 4.90 Å². The van der Waals surface area contributed by atoms with Crippen LogP contribution in [0.4, 0.5) is 0 Å². The van der Waals surface area contributed by atoms with Crippen LogP contribution in [-0.4, -0.2) is 43.9 Å². The van der Waals surface area contributed by atoms with Crippen LogP contribution < -0.4 is 0 Å². The second kappa shape index (κ2) is 7.99. The van der Waals surface area contributed by atoms with E-state index in [-0.39, 0.29) is 0 Å². The molecule has 0 amide bonds. The first kappa shape index (κ1) is 20.2. The van der Waals surface area contributed by atoms with E-state index in [1.54, 1.807) is 5.56 Å². The van der Waals surface area contributed by atoms with Gasteiger partial charge in [0.05, 0.1) is 6.61 Å². The van der Waals surface area contributed by atoms with Crippen molar-refractivity contribution in [1.29, 1.82) is 0 Å². The molecule has 0 aromatic heterocycles. The second-order valence-corrected chi connectivity index (χ2v) is 10.4. The molecule has 0 radical (unpaired) electrons. The lowest BCUT2D eigenvalue weighted by molar-refractivity contribution is -0.00478. The van der Waals surface area contributed by atoms with Crippen LogP contribution in [0.5, 0.6) is 5.75 Å². The summed E-state index contributed by atoms with van der Waals surface area (Å²) in [6.45, 7) is 7.86. The van der Waals surface area contributed by atoms with Crippen LogP contribution in [0.25, 0.3) is 0 Å². The van der Waals surface area contributed by atoms with E-state index in [2.05, 4.69) is 38.9 Å². The number of fused-ring (bicyclic) bond motifs is 5. The summed E-state index contributed by atoms with van der Waals surface area (Å²) in [4.78, 5) is 2.19. The van der Waals surface area contributed by atoms with Crippen LogP contribution in [-0.2, 0) is 11.2 Å². The quantitative estimate of drug-likeness (QED) is 0.693. The van der Waals surface area contributed by atoms with E-state index in [1.165, 1.54) is 37.7 Å². The minimum Gasteiger partial charge on any atom is -0.508 e. The highest BCUT2D eigenvalue weighted by molar-refractivity contribution is 5.40. The van der Waals surface area contributed by atoms with Crippen LogP contribution >= 0.6 is 0 Å². The van der Waals surface area contributed by atoms with Gasteiger partial charge in [0.25, 0.3) is 0 Å². The number of phenolic OH excluding ortho intramolecular Hbond substituents is 1. The third-order valence-electron chi connectivity index (χ3n) is 8.55. The zero-order valence-corrected chi connectivity index (χ0v) is 18.3. The molecule has 3 aliphatic rings. The van der Waals surface area contributed by atoms with Gasteiger partial charge in [0.15, 0.2) is 0 Å². The Balaban J connectivity index is 1.45. The third kappa shape index (κ3) is 3.61. The molecule has 1 unspecified atom stereocenters. The molecule has 2 saturated carbocycles. The first-order valence-electron chi connectivity index (χ1n) is 11.4. The average molecular weight is 386 g/mol. The second-order valence-electron chi connectivity index (χ2n) is 10.4. The maximum absolute atomic E-state index is 9.93. The standard InChI is InChI=1S/C25H39NO2/c1-17-15-18-16-20(27)6-7-21(18)22-9-11-25(2)19(5-8-23(25)24(17)22)10-13-28-14-12-26(3)4/h6-7,16-17,19,22-24,27H,5,8-15H2,1-4H3/t17?,19-,22-,23+,24-,25-/m1/s1. The number of benzene rings is 1. The van der Waals surface area contributed by atoms with E-state index in [1.807, 2.05) is 12.1 Å². The Morgan fingerprint density at radius 2 is 2.00 bits per heavy atom. The van der Waals surface area contributed by atoms with E-state index in [9.17, 15) is 5.11 Å². The summed E-state index contributed by atoms with van der Waals surface area (Å²) in [7, 11) is 4.21. The first-order chi connectivity index (χ1) is 13.4. The van der Waals surface area contributed by atoms with Gasteiger partial charge in [0, 0.05) is 13.2 Å². The zero-order valence-electron chi connectivity index (χ0n) is 18.3. The summed E-state index contributed by atoms with van der Waals surface area (Å²) in [5.41, 5.74) is 3.44. The average Bonchev–Trinajstić information content (AvgIpc) is 2.97. The van der Waals surface area contributed by atoms with Gasteiger partial charge < -0.3 is 14.7 Å². The summed E-state index contributed by atoms with van der Waals surface area (Å²) in [6.07, 6.45) is 7.83. The number of rotatable bonds is 6. The maximum atomic E-state index is 9.93. The molecule has 1 aromatic rings. The first-order valence-corrected chi connectivity index (χ1v) is 11.4. The molecule has 2 fully saturated rings. The highest BCUT2D eigenvalue weighted by Crippen LogP contribution is 2.64. The Morgan fingerprint density at radius 3 is 2.79 bits per heavy atom. The van der Waals surface area contributed by atoms with Gasteiger partial charge in [-0.05, 0) is 111 Å². The molecule has 28 heavy (non-hydrogen) atoms. The van der Waals surface area contributed by atoms with Crippen molar-refractivity contribution >= 4 is 0 Å². The number of hydrogen-bond donors (Lipinski definition) is 1. The van der Waals surface area contributed by atoms with Crippen LogP contribution in [0.15, 0.2) is 18.2 Å². The van der Waals surface area contributed by atoms with Crippen molar-refractivity contribution in [2.24, 2.45) is 29.1 Å².